The number of methoxy groups -OCH3 is 2. The number of amides is 1. The highest BCUT2D eigenvalue weighted by atomic mass is 79.9. The summed E-state index contributed by atoms with van der Waals surface area (Å²) in [6.07, 6.45) is 1.83. The molecule has 0 N–H and O–H groups in total. The van der Waals surface area contributed by atoms with Gasteiger partial charge in [-0.25, -0.2) is 4.79 Å². The van der Waals surface area contributed by atoms with Gasteiger partial charge in [0, 0.05) is 16.5 Å². The molecular formula is C17H18BrNO5. The third kappa shape index (κ3) is 2.60. The van der Waals surface area contributed by atoms with Crippen molar-refractivity contribution in [2.75, 3.05) is 14.2 Å². The molecule has 24 heavy (non-hydrogen) atoms. The zero-order valence-corrected chi connectivity index (χ0v) is 15.1. The van der Waals surface area contributed by atoms with Crippen molar-refractivity contribution < 1.29 is 23.9 Å². The molecule has 2 aliphatic rings. The molecule has 1 fully saturated rings. The Kier molecular flexibility index (Phi) is 4.38. The van der Waals surface area contributed by atoms with Crippen LogP contribution >= 0.6 is 15.9 Å². The van der Waals surface area contributed by atoms with Gasteiger partial charge in [0.05, 0.1) is 19.8 Å². The molecule has 0 aromatic heterocycles. The number of hydrogen-bond acceptors (Lipinski definition) is 5. The summed E-state index contributed by atoms with van der Waals surface area (Å²) in [5.41, 5.74) is 1.10. The van der Waals surface area contributed by atoms with Crippen molar-refractivity contribution in [3.63, 3.8) is 0 Å². The van der Waals surface area contributed by atoms with E-state index in [1.807, 2.05) is 12.1 Å². The third-order valence-electron chi connectivity index (χ3n) is 4.75. The van der Waals surface area contributed by atoms with E-state index in [0.29, 0.717) is 5.56 Å². The normalized spacial score (nSPS) is 18.3. The van der Waals surface area contributed by atoms with E-state index in [1.165, 1.54) is 14.2 Å². The topological polar surface area (TPSA) is 72.9 Å². The van der Waals surface area contributed by atoms with Crippen molar-refractivity contribution in [3.8, 4) is 0 Å². The zero-order valence-electron chi connectivity index (χ0n) is 13.5. The van der Waals surface area contributed by atoms with Crippen molar-refractivity contribution >= 4 is 33.8 Å². The average Bonchev–Trinajstić information content (AvgIpc) is 3.34. The number of carbonyl (C=O) groups excluding carboxylic acids is 3. The maximum absolute atomic E-state index is 12.9. The predicted octanol–water partition coefficient (Wildman–Crippen LogP) is 2.39. The highest BCUT2D eigenvalue weighted by molar-refractivity contribution is 9.10. The molecule has 0 bridgehead atoms. The smallest absolute Gasteiger partial charge is 0.328 e. The molecule has 7 heteroatoms. The van der Waals surface area contributed by atoms with E-state index >= 15 is 0 Å². The van der Waals surface area contributed by atoms with Crippen molar-refractivity contribution in [1.82, 2.24) is 4.90 Å². The first-order valence-electron chi connectivity index (χ1n) is 7.73. The number of rotatable bonds is 5. The number of benzene rings is 1. The summed E-state index contributed by atoms with van der Waals surface area (Å²) in [6.45, 7) is 0. The van der Waals surface area contributed by atoms with E-state index in [0.717, 1.165) is 22.9 Å². The number of ether oxygens (including phenoxy) is 2. The summed E-state index contributed by atoms with van der Waals surface area (Å²) in [5.74, 6) is -1.11. The average molecular weight is 396 g/mol. The lowest BCUT2D eigenvalue weighted by atomic mass is 10.0. The number of hydrogen-bond donors (Lipinski definition) is 0. The summed E-state index contributed by atoms with van der Waals surface area (Å²) in [6, 6.07) is 4.73. The van der Waals surface area contributed by atoms with Gasteiger partial charge in [-0.1, -0.05) is 15.9 Å². The van der Waals surface area contributed by atoms with Gasteiger partial charge in [-0.2, -0.15) is 0 Å². The Morgan fingerprint density at radius 2 is 2.00 bits per heavy atom. The number of nitrogens with zero attached hydrogens (tertiary/aromatic N) is 1. The molecule has 1 aromatic rings. The van der Waals surface area contributed by atoms with Crippen LogP contribution in [0.3, 0.4) is 0 Å². The second-order valence-electron chi connectivity index (χ2n) is 6.05. The lowest BCUT2D eigenvalue weighted by Gasteiger charge is -2.32. The van der Waals surface area contributed by atoms with Crippen LogP contribution in [0.1, 0.15) is 41.6 Å². The van der Waals surface area contributed by atoms with Crippen molar-refractivity contribution in [2.24, 2.45) is 0 Å². The molecule has 1 amide bonds. The molecule has 1 spiro atoms. The van der Waals surface area contributed by atoms with Gasteiger partial charge in [0.2, 0.25) is 0 Å². The van der Waals surface area contributed by atoms with Gasteiger partial charge in [0.25, 0.3) is 5.91 Å². The van der Waals surface area contributed by atoms with Gasteiger partial charge in [0.1, 0.15) is 6.04 Å². The number of halogens is 1. The van der Waals surface area contributed by atoms with Crippen molar-refractivity contribution in [1.29, 1.82) is 0 Å². The highest BCUT2D eigenvalue weighted by Gasteiger charge is 2.60. The van der Waals surface area contributed by atoms with E-state index in [2.05, 4.69) is 20.7 Å². The molecule has 1 unspecified atom stereocenters. The van der Waals surface area contributed by atoms with Gasteiger partial charge >= 0.3 is 11.9 Å². The molecule has 1 aromatic carbocycles. The van der Waals surface area contributed by atoms with Gasteiger partial charge < -0.3 is 14.4 Å². The summed E-state index contributed by atoms with van der Waals surface area (Å²) < 4.78 is 10.4. The van der Waals surface area contributed by atoms with Crippen molar-refractivity contribution in [3.05, 3.63) is 33.8 Å². The fraction of sp³-hybridized carbons (Fsp3) is 0.471. The fourth-order valence-electron chi connectivity index (χ4n) is 3.46. The minimum absolute atomic E-state index is 0.0518. The molecule has 0 radical (unpaired) electrons. The molecular weight excluding hydrogens is 378 g/mol. The maximum Gasteiger partial charge on any atom is 0.328 e. The molecule has 128 valence electrons. The molecule has 1 atom stereocenters. The zero-order chi connectivity index (χ0) is 17.5. The SMILES string of the molecule is COC(=O)CCC(C(=O)OC)N1C(=O)c2ccc(Br)cc2C12CC2. The first kappa shape index (κ1) is 17.0. The van der Waals surface area contributed by atoms with E-state index in [9.17, 15) is 14.4 Å². The van der Waals surface area contributed by atoms with Crippen LogP contribution < -0.4 is 0 Å². The van der Waals surface area contributed by atoms with E-state index < -0.39 is 23.5 Å². The van der Waals surface area contributed by atoms with Gasteiger partial charge in [-0.3, -0.25) is 9.59 Å². The quantitative estimate of drug-likeness (QED) is 0.715. The Bertz CT molecular complexity index is 713. The predicted molar refractivity (Wildman–Crippen MR) is 88.3 cm³/mol. The second-order valence-corrected chi connectivity index (χ2v) is 6.97. The molecule has 1 heterocycles. The van der Waals surface area contributed by atoms with Crippen molar-refractivity contribution in [2.45, 2.75) is 37.3 Å². The standard InChI is InChI=1S/C17H18BrNO5/c1-23-14(20)6-5-13(16(22)24-2)19-15(21)11-4-3-10(18)9-12(11)17(19)7-8-17/h3-4,9,13H,5-8H2,1-2H3. The molecule has 1 aliphatic carbocycles. The minimum Gasteiger partial charge on any atom is -0.469 e. The molecule has 1 saturated carbocycles. The van der Waals surface area contributed by atoms with E-state index in [1.54, 1.807) is 11.0 Å². The monoisotopic (exact) mass is 395 g/mol. The van der Waals surface area contributed by atoms with Crippen LogP contribution in [0.5, 0.6) is 0 Å². The molecule has 0 saturated heterocycles. The number of fused-ring (bicyclic) bond motifs is 2. The van der Waals surface area contributed by atoms with E-state index in [4.69, 9.17) is 4.74 Å². The third-order valence-corrected chi connectivity index (χ3v) is 5.24. The summed E-state index contributed by atoms with van der Waals surface area (Å²) in [4.78, 5) is 38.3. The van der Waals surface area contributed by atoms with Crippen LogP contribution in [-0.2, 0) is 24.6 Å². The Balaban J connectivity index is 1.95. The lowest BCUT2D eigenvalue weighted by molar-refractivity contribution is -0.148. The molecule has 1 aliphatic heterocycles. The van der Waals surface area contributed by atoms with Crippen LogP contribution in [-0.4, -0.2) is 43.0 Å². The number of esters is 2. The molecule has 6 nitrogen and oxygen atoms in total. The first-order valence-corrected chi connectivity index (χ1v) is 8.52. The van der Waals surface area contributed by atoms with Crippen LogP contribution in [0, 0.1) is 0 Å². The summed E-state index contributed by atoms with van der Waals surface area (Å²) in [7, 11) is 2.59. The van der Waals surface area contributed by atoms with Crippen LogP contribution in [0.25, 0.3) is 0 Å². The van der Waals surface area contributed by atoms with Crippen LogP contribution in [0.15, 0.2) is 22.7 Å². The van der Waals surface area contributed by atoms with Gasteiger partial charge in [-0.05, 0) is 43.0 Å². The number of carbonyl (C=O) groups is 3. The Hall–Kier alpha value is -1.89. The van der Waals surface area contributed by atoms with Crippen LogP contribution in [0.4, 0.5) is 0 Å². The Labute approximate surface area is 148 Å². The Morgan fingerprint density at radius 1 is 1.29 bits per heavy atom. The summed E-state index contributed by atoms with van der Waals surface area (Å²) >= 11 is 3.44. The lowest BCUT2D eigenvalue weighted by Crippen LogP contribution is -2.47. The van der Waals surface area contributed by atoms with Gasteiger partial charge in [-0.15, -0.1) is 0 Å². The Morgan fingerprint density at radius 3 is 2.58 bits per heavy atom. The minimum atomic E-state index is -0.796. The second kappa shape index (κ2) is 6.20. The fourth-order valence-corrected chi connectivity index (χ4v) is 3.82. The molecule has 3 rings (SSSR count). The summed E-state index contributed by atoms with van der Waals surface area (Å²) in [5, 5.41) is 0. The van der Waals surface area contributed by atoms with Gasteiger partial charge in [0.15, 0.2) is 0 Å². The van der Waals surface area contributed by atoms with Crippen LogP contribution in [0.2, 0.25) is 0 Å². The van der Waals surface area contributed by atoms with E-state index in [-0.39, 0.29) is 18.7 Å². The first-order chi connectivity index (χ1) is 11.4. The maximum atomic E-state index is 12.9. The largest absolute Gasteiger partial charge is 0.469 e. The highest BCUT2D eigenvalue weighted by Crippen LogP contribution is 2.58.